The molecule has 1 aromatic carbocycles. The first kappa shape index (κ1) is 22.1. The summed E-state index contributed by atoms with van der Waals surface area (Å²) in [5, 5.41) is 4.63. The number of piperazine rings is 1. The maximum absolute atomic E-state index is 8.00. The fourth-order valence-corrected chi connectivity index (χ4v) is 3.00. The number of benzene rings is 1. The van der Waals surface area contributed by atoms with Crippen LogP contribution in [0, 0.1) is 0 Å². The van der Waals surface area contributed by atoms with Crippen molar-refractivity contribution < 1.29 is 9.59 Å². The van der Waals surface area contributed by atoms with Crippen LogP contribution in [0.5, 0.6) is 0 Å². The zero-order valence-electron chi connectivity index (χ0n) is 16.1. The zero-order valence-corrected chi connectivity index (χ0v) is 16.1. The predicted octanol–water partition coefficient (Wildman–Crippen LogP) is 3.09. The molecule has 2 aromatic heterocycles. The van der Waals surface area contributed by atoms with E-state index in [1.807, 2.05) is 39.7 Å². The summed E-state index contributed by atoms with van der Waals surface area (Å²) < 4.78 is 2.15. The minimum Gasteiger partial charge on any atom is -0.368 e. The van der Waals surface area contributed by atoms with Crippen LogP contribution in [0.2, 0.25) is 0 Å². The molecule has 144 valence electrons. The maximum atomic E-state index is 8.00. The number of rotatable bonds is 2. The Labute approximate surface area is 160 Å². The van der Waals surface area contributed by atoms with Gasteiger partial charge in [0.2, 0.25) is 0 Å². The van der Waals surface area contributed by atoms with Gasteiger partial charge in [-0.3, -0.25) is 0 Å². The fourth-order valence-electron chi connectivity index (χ4n) is 3.00. The molecule has 27 heavy (non-hydrogen) atoms. The van der Waals surface area contributed by atoms with Gasteiger partial charge in [0, 0.05) is 55.3 Å². The Kier molecular flexibility index (Phi) is 10.1. The second-order valence-corrected chi connectivity index (χ2v) is 5.33. The lowest BCUT2D eigenvalue weighted by atomic mass is 10.2. The summed E-state index contributed by atoms with van der Waals surface area (Å²) in [6.45, 7) is 12.2. The third-order valence-corrected chi connectivity index (χ3v) is 4.06. The quantitative estimate of drug-likeness (QED) is 0.753. The number of carbonyl (C=O) groups is 2. The molecule has 0 radical (unpaired) electrons. The van der Waals surface area contributed by atoms with Crippen LogP contribution in [0.25, 0.3) is 16.7 Å². The van der Waals surface area contributed by atoms with Gasteiger partial charge in [-0.1, -0.05) is 32.0 Å². The van der Waals surface area contributed by atoms with Gasteiger partial charge in [-0.25, -0.2) is 4.98 Å². The summed E-state index contributed by atoms with van der Waals surface area (Å²) >= 11 is 0. The van der Waals surface area contributed by atoms with Crippen molar-refractivity contribution in [2.75, 3.05) is 31.1 Å². The lowest BCUT2D eigenvalue weighted by molar-refractivity contribution is -0.0987. The minimum absolute atomic E-state index is 1.03. The molecule has 1 aliphatic heterocycles. The van der Waals surface area contributed by atoms with Crippen molar-refractivity contribution in [2.24, 2.45) is 0 Å². The van der Waals surface area contributed by atoms with Crippen molar-refractivity contribution >= 4 is 30.3 Å². The zero-order chi connectivity index (χ0) is 20.1. The van der Waals surface area contributed by atoms with Gasteiger partial charge in [-0.05, 0) is 24.3 Å². The molecule has 6 nitrogen and oxygen atoms in total. The molecule has 0 bridgehead atoms. The largest absolute Gasteiger partial charge is 0.368 e. The van der Waals surface area contributed by atoms with Gasteiger partial charge in [-0.15, -0.1) is 0 Å². The van der Waals surface area contributed by atoms with E-state index in [1.54, 1.807) is 0 Å². The molecule has 0 aliphatic carbocycles. The summed E-state index contributed by atoms with van der Waals surface area (Å²) in [7, 11) is 0. The summed E-state index contributed by atoms with van der Waals surface area (Å²) in [5.41, 5.74) is 3.46. The van der Waals surface area contributed by atoms with Crippen LogP contribution in [-0.2, 0) is 9.59 Å². The first-order valence-electron chi connectivity index (χ1n) is 8.98. The summed E-state index contributed by atoms with van der Waals surface area (Å²) in [6.07, 6.45) is 4.03. The Balaban J connectivity index is 0.000000556. The summed E-state index contributed by atoms with van der Waals surface area (Å²) in [5.74, 6) is 0. The molecule has 1 saturated heterocycles. The van der Waals surface area contributed by atoms with Crippen LogP contribution >= 0.6 is 0 Å². The third kappa shape index (κ3) is 5.24. The van der Waals surface area contributed by atoms with Crippen molar-refractivity contribution in [1.82, 2.24) is 14.9 Å². The molecular formula is C21H28N4O2. The molecule has 1 aliphatic rings. The van der Waals surface area contributed by atoms with E-state index in [0.717, 1.165) is 37.5 Å². The molecule has 0 saturated carbocycles. The van der Waals surface area contributed by atoms with Gasteiger partial charge in [0.1, 0.15) is 19.2 Å². The number of hydrogen-bond acceptors (Lipinski definition) is 5. The number of fused-ring (bicyclic) bond motifs is 1. The van der Waals surface area contributed by atoms with Crippen LogP contribution in [-0.4, -0.2) is 49.3 Å². The molecule has 1 N–H and O–H groups in total. The Bertz CT molecular complexity index is 781. The van der Waals surface area contributed by atoms with E-state index in [2.05, 4.69) is 62.4 Å². The van der Waals surface area contributed by atoms with Gasteiger partial charge in [0.05, 0.1) is 0 Å². The fraction of sp³-hybridized carbons (Fsp3) is 0.286. The molecule has 6 heteroatoms. The average Bonchev–Trinajstić information content (AvgIpc) is 3.23. The average molecular weight is 368 g/mol. The highest BCUT2D eigenvalue weighted by atomic mass is 16.1. The van der Waals surface area contributed by atoms with E-state index in [9.17, 15) is 0 Å². The first-order valence-corrected chi connectivity index (χ1v) is 8.98. The minimum atomic E-state index is 1.03. The summed E-state index contributed by atoms with van der Waals surface area (Å²) in [6, 6.07) is 14.7. The first-order chi connectivity index (χ1) is 13.4. The molecule has 0 unspecified atom stereocenters. The topological polar surface area (TPSA) is 67.2 Å². The van der Waals surface area contributed by atoms with E-state index in [-0.39, 0.29) is 0 Å². The van der Waals surface area contributed by atoms with Crippen LogP contribution in [0.3, 0.4) is 0 Å². The van der Waals surface area contributed by atoms with Gasteiger partial charge in [0.25, 0.3) is 0 Å². The van der Waals surface area contributed by atoms with Crippen molar-refractivity contribution in [3.8, 4) is 5.69 Å². The van der Waals surface area contributed by atoms with Crippen LogP contribution in [0.1, 0.15) is 13.8 Å². The van der Waals surface area contributed by atoms with Crippen LogP contribution in [0.4, 0.5) is 5.69 Å². The van der Waals surface area contributed by atoms with Crippen LogP contribution in [0.15, 0.2) is 54.9 Å². The van der Waals surface area contributed by atoms with Gasteiger partial charge < -0.3 is 24.4 Å². The highest BCUT2D eigenvalue weighted by molar-refractivity contribution is 5.91. The Hall–Kier alpha value is -2.99. The number of aromatic nitrogens is 2. The number of carbonyl (C=O) groups excluding carboxylic acids is 2. The standard InChI is InChI=1S/C17H18N4.C2H6.2CH2O/c1-2-4-14(5-3-1)21-11-7-15-16(6-8-19-17(15)21)20-12-9-18-10-13-20;3*1-2/h1-8,11,18H,9-10,12-13H2;1-2H3;2*1H2. The van der Waals surface area contributed by atoms with Crippen molar-refractivity contribution in [2.45, 2.75) is 13.8 Å². The molecule has 3 heterocycles. The number of nitrogens with zero attached hydrogens (tertiary/aromatic N) is 3. The lowest BCUT2D eigenvalue weighted by Crippen LogP contribution is -2.43. The maximum Gasteiger partial charge on any atom is 0.146 e. The van der Waals surface area contributed by atoms with Gasteiger partial charge >= 0.3 is 0 Å². The van der Waals surface area contributed by atoms with E-state index >= 15 is 0 Å². The SMILES string of the molecule is C=O.C=O.CC.c1ccc(-n2ccc3c(N4CCNCC4)ccnc32)cc1. The van der Waals surface area contributed by atoms with Crippen molar-refractivity contribution in [1.29, 1.82) is 0 Å². The molecule has 0 atom stereocenters. The summed E-state index contributed by atoms with van der Waals surface area (Å²) in [4.78, 5) is 23.0. The number of para-hydroxylation sites is 1. The van der Waals surface area contributed by atoms with Gasteiger partial charge in [-0.2, -0.15) is 0 Å². The number of nitrogens with one attached hydrogen (secondary N) is 1. The number of anilines is 1. The normalized spacial score (nSPS) is 12.6. The third-order valence-electron chi connectivity index (χ3n) is 4.06. The predicted molar refractivity (Wildman–Crippen MR) is 112 cm³/mol. The van der Waals surface area contributed by atoms with Crippen molar-refractivity contribution in [3.63, 3.8) is 0 Å². The van der Waals surface area contributed by atoms with E-state index in [0.29, 0.717) is 0 Å². The highest BCUT2D eigenvalue weighted by Gasteiger charge is 2.15. The molecule has 3 aromatic rings. The smallest absolute Gasteiger partial charge is 0.146 e. The number of pyridine rings is 1. The van der Waals surface area contributed by atoms with E-state index in [4.69, 9.17) is 9.59 Å². The second kappa shape index (κ2) is 12.4. The molecular weight excluding hydrogens is 340 g/mol. The Morgan fingerprint density at radius 3 is 2.19 bits per heavy atom. The highest BCUT2D eigenvalue weighted by Crippen LogP contribution is 2.28. The molecule has 0 spiro atoms. The van der Waals surface area contributed by atoms with Crippen molar-refractivity contribution in [3.05, 3.63) is 54.9 Å². The van der Waals surface area contributed by atoms with E-state index < -0.39 is 0 Å². The van der Waals surface area contributed by atoms with E-state index in [1.165, 1.54) is 11.1 Å². The second-order valence-electron chi connectivity index (χ2n) is 5.33. The molecule has 0 amide bonds. The van der Waals surface area contributed by atoms with Gasteiger partial charge in [0.15, 0.2) is 0 Å². The van der Waals surface area contributed by atoms with Crippen LogP contribution < -0.4 is 10.2 Å². The monoisotopic (exact) mass is 368 g/mol. The Morgan fingerprint density at radius 1 is 0.926 bits per heavy atom. The Morgan fingerprint density at radius 2 is 1.56 bits per heavy atom. The number of hydrogen-bond donors (Lipinski definition) is 1. The molecule has 4 rings (SSSR count). The lowest BCUT2D eigenvalue weighted by Gasteiger charge is -2.29. The molecule has 1 fully saturated rings.